The Labute approximate surface area is 307 Å². The number of benzene rings is 4. The number of ether oxygens (including phenoxy) is 2. The predicted molar refractivity (Wildman–Crippen MR) is 207 cm³/mol. The van der Waals surface area contributed by atoms with Crippen molar-refractivity contribution >= 4 is 22.1 Å². The number of hydrogen-bond donors (Lipinski definition) is 4. The zero-order chi connectivity index (χ0) is 36.1. The number of fused-ring (bicyclic) bond motifs is 1. The Kier molecular flexibility index (Phi) is 6.47. The van der Waals surface area contributed by atoms with Crippen molar-refractivity contribution in [2.75, 3.05) is 11.5 Å². The molecule has 4 aromatic carbocycles. The summed E-state index contributed by atoms with van der Waals surface area (Å²) in [6.07, 6.45) is 14.6. The number of phenols is 2. The van der Waals surface area contributed by atoms with Gasteiger partial charge in [-0.05, 0) is 158 Å². The Morgan fingerprint density at radius 3 is 1.25 bits per heavy atom. The van der Waals surface area contributed by atoms with Crippen LogP contribution in [0.1, 0.15) is 116 Å². The number of hydrogen-bond acceptors (Lipinski definition) is 6. The second kappa shape index (κ2) is 10.3. The molecular weight excluding hydrogens is 645 g/mol. The zero-order valence-electron chi connectivity index (χ0n) is 31.3. The van der Waals surface area contributed by atoms with Crippen molar-refractivity contribution in [1.82, 2.24) is 0 Å². The van der Waals surface area contributed by atoms with Crippen LogP contribution in [-0.4, -0.2) is 10.2 Å². The van der Waals surface area contributed by atoms with Crippen LogP contribution in [0.4, 0.5) is 11.4 Å². The first-order valence-corrected chi connectivity index (χ1v) is 19.7. The lowest BCUT2D eigenvalue weighted by molar-refractivity contribution is -0.110. The van der Waals surface area contributed by atoms with Gasteiger partial charge in [-0.3, -0.25) is 0 Å². The highest BCUT2D eigenvalue weighted by Crippen LogP contribution is 2.72. The number of anilines is 2. The number of aromatic hydroxyl groups is 2. The highest BCUT2D eigenvalue weighted by Gasteiger charge is 2.62. The standard InChI is InChI=1S/C46H54N2O4/c1-41-15-27-16-42(2,21-41)24-45(19-27,23-41)33-11-35(47)37(49)13-39(33)51-31-7-5-29-6-8-32(10-30(29)9-31)52-40-14-38(50)36(48)12-34(40)46-20-28-17-43(3,25-46)22-44(4,18-28)26-46/h5-14,27-28,49-50H,15-26,47-48H2,1-4H3. The van der Waals surface area contributed by atoms with Crippen molar-refractivity contribution in [1.29, 1.82) is 0 Å². The Morgan fingerprint density at radius 1 is 0.500 bits per heavy atom. The van der Waals surface area contributed by atoms with Crippen LogP contribution in [0.25, 0.3) is 10.8 Å². The van der Waals surface area contributed by atoms with Crippen LogP contribution in [0.3, 0.4) is 0 Å². The largest absolute Gasteiger partial charge is 0.506 e. The normalized spacial score (nSPS) is 38.2. The van der Waals surface area contributed by atoms with Crippen molar-refractivity contribution < 1.29 is 19.7 Å². The molecule has 52 heavy (non-hydrogen) atoms. The van der Waals surface area contributed by atoms with Crippen LogP contribution in [0.5, 0.6) is 34.5 Å². The van der Waals surface area contributed by atoms with Gasteiger partial charge in [-0.1, -0.05) is 39.8 Å². The van der Waals surface area contributed by atoms with Gasteiger partial charge in [0.15, 0.2) is 0 Å². The predicted octanol–water partition coefficient (Wildman–Crippen LogP) is 11.5. The van der Waals surface area contributed by atoms with Crippen molar-refractivity contribution in [2.45, 2.75) is 116 Å². The second-order valence-corrected chi connectivity index (χ2v) is 20.5. The van der Waals surface area contributed by atoms with E-state index in [1.807, 2.05) is 24.3 Å². The van der Waals surface area contributed by atoms with E-state index in [2.05, 4.69) is 52.0 Å². The van der Waals surface area contributed by atoms with Crippen LogP contribution in [0.2, 0.25) is 0 Å². The molecule has 4 aromatic rings. The molecule has 0 radical (unpaired) electrons. The minimum Gasteiger partial charge on any atom is -0.506 e. The maximum atomic E-state index is 10.8. The van der Waals surface area contributed by atoms with Gasteiger partial charge in [-0.15, -0.1) is 0 Å². The molecule has 8 saturated carbocycles. The van der Waals surface area contributed by atoms with Crippen LogP contribution >= 0.6 is 0 Å². The second-order valence-electron chi connectivity index (χ2n) is 20.5. The van der Waals surface area contributed by atoms with E-state index in [4.69, 9.17) is 20.9 Å². The molecule has 12 rings (SSSR count). The van der Waals surface area contributed by atoms with Gasteiger partial charge in [0, 0.05) is 34.1 Å². The average molecular weight is 699 g/mol. The van der Waals surface area contributed by atoms with Gasteiger partial charge in [0.25, 0.3) is 0 Å². The Morgan fingerprint density at radius 2 is 0.885 bits per heavy atom. The van der Waals surface area contributed by atoms with E-state index in [1.165, 1.54) is 38.5 Å². The minimum absolute atomic E-state index is 0.00813. The summed E-state index contributed by atoms with van der Waals surface area (Å²) in [7, 11) is 0. The Hall–Kier alpha value is -4.06. The molecule has 0 amide bonds. The molecule has 6 nitrogen and oxygen atoms in total. The van der Waals surface area contributed by atoms with Gasteiger partial charge in [0.05, 0.1) is 11.4 Å². The third kappa shape index (κ3) is 5.02. The first-order chi connectivity index (χ1) is 24.5. The molecule has 8 aliphatic carbocycles. The zero-order valence-corrected chi connectivity index (χ0v) is 31.3. The number of nitrogen functional groups attached to an aromatic ring is 2. The fraction of sp³-hybridized carbons (Fsp3) is 0.522. The van der Waals surface area contributed by atoms with Gasteiger partial charge in [0.2, 0.25) is 0 Å². The molecule has 272 valence electrons. The average Bonchev–Trinajstić information content (AvgIpc) is 3.00. The van der Waals surface area contributed by atoms with E-state index in [-0.39, 0.29) is 22.3 Å². The van der Waals surface area contributed by atoms with Crippen LogP contribution in [-0.2, 0) is 10.8 Å². The molecule has 6 heteroatoms. The van der Waals surface area contributed by atoms with Gasteiger partial charge in [-0.2, -0.15) is 0 Å². The molecule has 8 aliphatic rings. The number of nitrogens with two attached hydrogens (primary N) is 2. The molecule has 6 N–H and O–H groups in total. The molecule has 8 bridgehead atoms. The lowest BCUT2D eigenvalue weighted by Crippen LogP contribution is -2.56. The molecule has 4 atom stereocenters. The Bertz CT molecular complexity index is 1990. The lowest BCUT2D eigenvalue weighted by atomic mass is 9.39. The summed E-state index contributed by atoms with van der Waals surface area (Å²) in [4.78, 5) is 0. The SMILES string of the molecule is CC12CC3CC(C)(C1)CC(c1cc(N)c(O)cc1Oc1ccc4ccc(Oc5cc(O)c(N)cc5C56CC7CC(C)(CC(C)(C7)C5)C6)cc4c1)(C3)C2. The molecule has 0 aromatic heterocycles. The fourth-order valence-corrected chi connectivity index (χ4v) is 15.2. The number of phenolic OH excluding ortho intramolecular Hbond substituents is 2. The first kappa shape index (κ1) is 32.6. The lowest BCUT2D eigenvalue weighted by Gasteiger charge is -2.65. The third-order valence-electron chi connectivity index (χ3n) is 14.9. The maximum Gasteiger partial charge on any atom is 0.142 e. The quantitative estimate of drug-likeness (QED) is 0.118. The molecule has 4 unspecified atom stereocenters. The summed E-state index contributed by atoms with van der Waals surface area (Å²) in [5, 5.41) is 23.7. The summed E-state index contributed by atoms with van der Waals surface area (Å²) in [5.41, 5.74) is 17.2. The Balaban J connectivity index is 0.991. The summed E-state index contributed by atoms with van der Waals surface area (Å²) < 4.78 is 13.5. The molecular formula is C46H54N2O4. The van der Waals surface area contributed by atoms with Crippen molar-refractivity contribution in [3.8, 4) is 34.5 Å². The minimum atomic E-state index is -0.00813. The van der Waals surface area contributed by atoms with Crippen molar-refractivity contribution in [3.05, 3.63) is 71.8 Å². The monoisotopic (exact) mass is 698 g/mol. The third-order valence-corrected chi connectivity index (χ3v) is 14.9. The molecule has 0 aliphatic heterocycles. The van der Waals surface area contributed by atoms with Crippen LogP contribution in [0, 0.1) is 33.5 Å². The molecule has 8 fully saturated rings. The fourth-order valence-electron chi connectivity index (χ4n) is 15.2. The number of rotatable bonds is 6. The van der Waals surface area contributed by atoms with E-state index in [0.717, 1.165) is 60.4 Å². The van der Waals surface area contributed by atoms with E-state index in [0.29, 0.717) is 67.9 Å². The van der Waals surface area contributed by atoms with Crippen molar-refractivity contribution in [3.63, 3.8) is 0 Å². The van der Waals surface area contributed by atoms with Crippen LogP contribution in [0.15, 0.2) is 60.7 Å². The van der Waals surface area contributed by atoms with Crippen LogP contribution < -0.4 is 20.9 Å². The molecule has 0 spiro atoms. The smallest absolute Gasteiger partial charge is 0.142 e. The summed E-state index contributed by atoms with van der Waals surface area (Å²) in [6.45, 7) is 9.93. The van der Waals surface area contributed by atoms with Gasteiger partial charge < -0.3 is 31.2 Å². The first-order valence-electron chi connectivity index (χ1n) is 19.7. The van der Waals surface area contributed by atoms with Gasteiger partial charge in [-0.25, -0.2) is 0 Å². The summed E-state index contributed by atoms with van der Waals surface area (Å²) in [5.74, 6) is 4.36. The maximum absolute atomic E-state index is 10.8. The highest BCUT2D eigenvalue weighted by molar-refractivity contribution is 5.85. The molecule has 0 heterocycles. The molecule has 0 saturated heterocycles. The summed E-state index contributed by atoms with van der Waals surface area (Å²) in [6, 6.07) is 19.8. The van der Waals surface area contributed by atoms with Crippen molar-refractivity contribution in [2.24, 2.45) is 33.5 Å². The van der Waals surface area contributed by atoms with E-state index in [9.17, 15) is 10.2 Å². The highest BCUT2D eigenvalue weighted by atomic mass is 16.5. The van der Waals surface area contributed by atoms with E-state index in [1.54, 1.807) is 12.1 Å². The van der Waals surface area contributed by atoms with Gasteiger partial charge in [0.1, 0.15) is 34.5 Å². The van der Waals surface area contributed by atoms with E-state index < -0.39 is 0 Å². The van der Waals surface area contributed by atoms with Gasteiger partial charge >= 0.3 is 0 Å². The summed E-state index contributed by atoms with van der Waals surface area (Å²) >= 11 is 0. The topological polar surface area (TPSA) is 111 Å². The van der Waals surface area contributed by atoms with E-state index >= 15 is 0 Å².